The third kappa shape index (κ3) is 3.64. The van der Waals surface area contributed by atoms with Crippen molar-refractivity contribution in [3.05, 3.63) is 35.4 Å². The highest BCUT2D eigenvalue weighted by Crippen LogP contribution is 2.32. The Bertz CT molecular complexity index is 315. The molecule has 15 heavy (non-hydrogen) atoms. The molecule has 0 spiro atoms. The van der Waals surface area contributed by atoms with Crippen molar-refractivity contribution in [2.24, 2.45) is 5.41 Å². The van der Waals surface area contributed by atoms with Gasteiger partial charge in [0.1, 0.15) is 0 Å². The van der Waals surface area contributed by atoms with Gasteiger partial charge in [0.15, 0.2) is 0 Å². The number of rotatable bonds is 4. The van der Waals surface area contributed by atoms with Gasteiger partial charge in [0.05, 0.1) is 0 Å². The number of benzene rings is 1. The molecule has 1 unspecified atom stereocenters. The van der Waals surface area contributed by atoms with Crippen LogP contribution in [0.5, 0.6) is 0 Å². The Morgan fingerprint density at radius 1 is 1.33 bits per heavy atom. The van der Waals surface area contributed by atoms with Crippen LogP contribution in [0.15, 0.2) is 24.3 Å². The lowest BCUT2D eigenvalue weighted by Crippen LogP contribution is -2.25. The fourth-order valence-corrected chi connectivity index (χ4v) is 2.24. The first-order valence-corrected chi connectivity index (χ1v) is 6.57. The molecule has 1 atom stereocenters. The van der Waals surface area contributed by atoms with Crippen LogP contribution in [0.4, 0.5) is 0 Å². The number of hydrogen-bond donors (Lipinski definition) is 0. The molecule has 1 rings (SSSR count). The lowest BCUT2D eigenvalue weighted by molar-refractivity contribution is 0.340. The molecule has 1 aromatic rings. The fraction of sp³-hybridized carbons (Fsp3) is 0.571. The molecule has 0 fully saturated rings. The van der Waals surface area contributed by atoms with Crippen LogP contribution in [-0.4, -0.2) is 4.83 Å². The maximum absolute atomic E-state index is 3.82. The van der Waals surface area contributed by atoms with Crippen molar-refractivity contribution in [2.45, 2.75) is 45.4 Å². The molecule has 0 aliphatic carbocycles. The third-order valence-electron chi connectivity index (χ3n) is 3.26. The molecule has 0 aliphatic rings. The first-order chi connectivity index (χ1) is 6.95. The van der Waals surface area contributed by atoms with Crippen molar-refractivity contribution < 1.29 is 0 Å². The van der Waals surface area contributed by atoms with E-state index < -0.39 is 0 Å². The maximum Gasteiger partial charge on any atom is 0.0237 e. The second-order valence-corrected chi connectivity index (χ2v) is 6.11. The van der Waals surface area contributed by atoms with Crippen molar-refractivity contribution in [3.8, 4) is 0 Å². The van der Waals surface area contributed by atoms with Gasteiger partial charge in [0.2, 0.25) is 0 Å². The lowest BCUT2D eigenvalue weighted by atomic mass is 9.83. The Labute approximate surface area is 102 Å². The molecule has 0 saturated carbocycles. The second-order valence-electron chi connectivity index (χ2n) is 5.00. The van der Waals surface area contributed by atoms with E-state index in [0.29, 0.717) is 10.2 Å². The van der Waals surface area contributed by atoms with Gasteiger partial charge in [-0.05, 0) is 30.7 Å². The van der Waals surface area contributed by atoms with E-state index in [0.717, 1.165) is 6.42 Å². The quantitative estimate of drug-likeness (QED) is 0.693. The minimum Gasteiger partial charge on any atom is -0.0881 e. The molecule has 0 aromatic heterocycles. The molecule has 1 aromatic carbocycles. The predicted molar refractivity (Wildman–Crippen MR) is 71.7 cm³/mol. The van der Waals surface area contributed by atoms with E-state index in [4.69, 9.17) is 0 Å². The van der Waals surface area contributed by atoms with E-state index in [1.807, 2.05) is 0 Å². The molecule has 0 radical (unpaired) electrons. The van der Waals surface area contributed by atoms with E-state index >= 15 is 0 Å². The number of hydrogen-bond acceptors (Lipinski definition) is 0. The zero-order valence-corrected chi connectivity index (χ0v) is 11.8. The average molecular weight is 269 g/mol. The average Bonchev–Trinajstić information content (AvgIpc) is 2.17. The molecule has 0 bridgehead atoms. The fourth-order valence-electron chi connectivity index (χ4n) is 1.54. The van der Waals surface area contributed by atoms with Gasteiger partial charge in [-0.1, -0.05) is 66.5 Å². The molecule has 0 nitrogen and oxygen atoms in total. The normalized spacial score (nSPS) is 13.9. The summed E-state index contributed by atoms with van der Waals surface area (Å²) in [6.07, 6.45) is 2.32. The summed E-state index contributed by atoms with van der Waals surface area (Å²) in [5.74, 6) is 0. The topological polar surface area (TPSA) is 0 Å². The Balaban J connectivity index is 2.70. The largest absolute Gasteiger partial charge is 0.0881 e. The molecular formula is C14H21Br. The van der Waals surface area contributed by atoms with E-state index in [9.17, 15) is 0 Å². The standard InChI is InChI=1S/C14H21Br/c1-5-14(3,4)13(15)10-12-8-6-7-11(2)9-12/h6-9,13H,5,10H2,1-4H3. The first kappa shape index (κ1) is 12.8. The molecule has 0 aliphatic heterocycles. The summed E-state index contributed by atoms with van der Waals surface area (Å²) < 4.78 is 0. The van der Waals surface area contributed by atoms with Crippen LogP contribution < -0.4 is 0 Å². The van der Waals surface area contributed by atoms with Gasteiger partial charge in [-0.2, -0.15) is 0 Å². The molecule has 0 amide bonds. The van der Waals surface area contributed by atoms with Crippen LogP contribution in [0.3, 0.4) is 0 Å². The monoisotopic (exact) mass is 268 g/mol. The summed E-state index contributed by atoms with van der Waals surface area (Å²) >= 11 is 3.82. The molecule has 0 heterocycles. The lowest BCUT2D eigenvalue weighted by Gasteiger charge is -2.29. The zero-order valence-electron chi connectivity index (χ0n) is 10.2. The first-order valence-electron chi connectivity index (χ1n) is 5.65. The van der Waals surface area contributed by atoms with Crippen LogP contribution >= 0.6 is 15.9 Å². The van der Waals surface area contributed by atoms with Crippen LogP contribution in [0.25, 0.3) is 0 Å². The SMILES string of the molecule is CCC(C)(C)C(Br)Cc1cccc(C)c1. The number of aryl methyl sites for hydroxylation is 1. The Morgan fingerprint density at radius 2 is 2.00 bits per heavy atom. The highest BCUT2D eigenvalue weighted by atomic mass is 79.9. The van der Waals surface area contributed by atoms with Crippen molar-refractivity contribution in [1.29, 1.82) is 0 Å². The van der Waals surface area contributed by atoms with E-state index in [2.05, 4.69) is 67.9 Å². The van der Waals surface area contributed by atoms with Crippen LogP contribution in [0, 0.1) is 12.3 Å². The van der Waals surface area contributed by atoms with Crippen LogP contribution in [-0.2, 0) is 6.42 Å². The summed E-state index contributed by atoms with van der Waals surface area (Å²) in [6.45, 7) is 9.05. The predicted octanol–water partition coefficient (Wildman–Crippen LogP) is 4.74. The number of halogens is 1. The second kappa shape index (κ2) is 5.16. The van der Waals surface area contributed by atoms with Crippen molar-refractivity contribution in [1.82, 2.24) is 0 Å². The summed E-state index contributed by atoms with van der Waals surface area (Å²) in [5, 5.41) is 0. The maximum atomic E-state index is 3.82. The molecule has 84 valence electrons. The summed E-state index contributed by atoms with van der Waals surface area (Å²) in [7, 11) is 0. The summed E-state index contributed by atoms with van der Waals surface area (Å²) in [5.41, 5.74) is 3.14. The molecular weight excluding hydrogens is 248 g/mol. The van der Waals surface area contributed by atoms with Crippen LogP contribution in [0.1, 0.15) is 38.3 Å². The zero-order chi connectivity index (χ0) is 11.5. The molecule has 1 heteroatoms. The highest BCUT2D eigenvalue weighted by Gasteiger charge is 2.25. The van der Waals surface area contributed by atoms with Gasteiger partial charge in [0, 0.05) is 4.83 Å². The highest BCUT2D eigenvalue weighted by molar-refractivity contribution is 9.09. The summed E-state index contributed by atoms with van der Waals surface area (Å²) in [4.78, 5) is 0.553. The Kier molecular flexibility index (Phi) is 4.39. The Morgan fingerprint density at radius 3 is 2.53 bits per heavy atom. The van der Waals surface area contributed by atoms with Gasteiger partial charge < -0.3 is 0 Å². The van der Waals surface area contributed by atoms with Crippen molar-refractivity contribution >= 4 is 15.9 Å². The minimum atomic E-state index is 0.365. The summed E-state index contributed by atoms with van der Waals surface area (Å²) in [6, 6.07) is 8.79. The van der Waals surface area contributed by atoms with Gasteiger partial charge in [0.25, 0.3) is 0 Å². The van der Waals surface area contributed by atoms with Gasteiger partial charge >= 0.3 is 0 Å². The molecule has 0 N–H and O–H groups in total. The van der Waals surface area contributed by atoms with Crippen LogP contribution in [0.2, 0.25) is 0 Å². The van der Waals surface area contributed by atoms with Gasteiger partial charge in [-0.25, -0.2) is 0 Å². The van der Waals surface area contributed by atoms with Gasteiger partial charge in [-0.15, -0.1) is 0 Å². The van der Waals surface area contributed by atoms with Gasteiger partial charge in [-0.3, -0.25) is 0 Å². The van der Waals surface area contributed by atoms with Crippen molar-refractivity contribution in [3.63, 3.8) is 0 Å². The smallest absolute Gasteiger partial charge is 0.0237 e. The number of alkyl halides is 1. The third-order valence-corrected chi connectivity index (χ3v) is 4.82. The van der Waals surface area contributed by atoms with Crippen molar-refractivity contribution in [2.75, 3.05) is 0 Å². The molecule has 0 saturated heterocycles. The van der Waals surface area contributed by atoms with E-state index in [1.165, 1.54) is 17.5 Å². The van der Waals surface area contributed by atoms with E-state index in [1.54, 1.807) is 0 Å². The minimum absolute atomic E-state index is 0.365. The van der Waals surface area contributed by atoms with E-state index in [-0.39, 0.29) is 0 Å². The Hall–Kier alpha value is -0.300.